The van der Waals surface area contributed by atoms with Crippen LogP contribution in [-0.4, -0.2) is 29.0 Å². The van der Waals surface area contributed by atoms with Crippen molar-refractivity contribution in [3.63, 3.8) is 0 Å². The molecule has 78 valence electrons. The second-order valence-electron chi connectivity index (χ2n) is 4.08. The third kappa shape index (κ3) is 2.13. The highest BCUT2D eigenvalue weighted by Crippen LogP contribution is 2.22. The van der Waals surface area contributed by atoms with Gasteiger partial charge in [0, 0.05) is 12.5 Å². The van der Waals surface area contributed by atoms with Gasteiger partial charge in [-0.1, -0.05) is 5.16 Å². The molecule has 1 aromatic rings. The maximum atomic E-state index is 10.2. The first-order chi connectivity index (χ1) is 6.68. The summed E-state index contributed by atoms with van der Waals surface area (Å²) >= 11 is 0. The van der Waals surface area contributed by atoms with Crippen LogP contribution in [-0.2, 0) is 6.42 Å². The van der Waals surface area contributed by atoms with Gasteiger partial charge in [-0.3, -0.25) is 0 Å². The molecule has 4 nitrogen and oxygen atoms in total. The van der Waals surface area contributed by atoms with Gasteiger partial charge in [-0.15, -0.1) is 0 Å². The minimum absolute atomic E-state index is 0.589. The molecule has 2 N–H and O–H groups in total. The summed E-state index contributed by atoms with van der Waals surface area (Å²) in [5.41, 5.74) is 0.265. The molecule has 1 fully saturated rings. The van der Waals surface area contributed by atoms with Crippen molar-refractivity contribution in [3.05, 3.63) is 17.5 Å². The molecule has 14 heavy (non-hydrogen) atoms. The van der Waals surface area contributed by atoms with Gasteiger partial charge in [0.15, 0.2) is 0 Å². The Bertz CT molecular complexity index is 303. The van der Waals surface area contributed by atoms with Gasteiger partial charge in [-0.2, -0.15) is 0 Å². The molecule has 1 aliphatic rings. The van der Waals surface area contributed by atoms with E-state index in [0.717, 1.165) is 37.4 Å². The highest BCUT2D eigenvalue weighted by Gasteiger charge is 2.30. The fourth-order valence-electron chi connectivity index (χ4n) is 1.91. The smallest absolute Gasteiger partial charge is 0.133 e. The monoisotopic (exact) mass is 196 g/mol. The summed E-state index contributed by atoms with van der Waals surface area (Å²) in [5, 5.41) is 17.3. The summed E-state index contributed by atoms with van der Waals surface area (Å²) in [6, 6.07) is 1.89. The molecular weight excluding hydrogens is 180 g/mol. The van der Waals surface area contributed by atoms with Crippen LogP contribution in [0.2, 0.25) is 0 Å². The average Bonchev–Trinajstić information content (AvgIpc) is 2.51. The molecule has 1 aliphatic heterocycles. The van der Waals surface area contributed by atoms with E-state index >= 15 is 0 Å². The number of hydrogen-bond donors (Lipinski definition) is 2. The van der Waals surface area contributed by atoms with Crippen LogP contribution in [0.25, 0.3) is 0 Å². The standard InChI is InChI=1S/C10H16N2O2/c1-8-6-9(12-14-8)7-10(13)2-4-11-5-3-10/h6,11,13H,2-5,7H2,1H3. The largest absolute Gasteiger partial charge is 0.389 e. The van der Waals surface area contributed by atoms with E-state index in [1.807, 2.05) is 13.0 Å². The predicted octanol–water partition coefficient (Wildman–Crippen LogP) is 0.640. The van der Waals surface area contributed by atoms with E-state index in [1.54, 1.807) is 0 Å². The lowest BCUT2D eigenvalue weighted by molar-refractivity contribution is 0.00942. The fourth-order valence-corrected chi connectivity index (χ4v) is 1.91. The predicted molar refractivity (Wildman–Crippen MR) is 52.0 cm³/mol. The minimum Gasteiger partial charge on any atom is -0.389 e. The van der Waals surface area contributed by atoms with E-state index in [-0.39, 0.29) is 0 Å². The number of hydrogen-bond acceptors (Lipinski definition) is 4. The lowest BCUT2D eigenvalue weighted by atomic mass is 9.88. The molecule has 0 aliphatic carbocycles. The fraction of sp³-hybridized carbons (Fsp3) is 0.700. The van der Waals surface area contributed by atoms with Gasteiger partial charge in [-0.25, -0.2) is 0 Å². The third-order valence-corrected chi connectivity index (χ3v) is 2.72. The molecule has 0 unspecified atom stereocenters. The summed E-state index contributed by atoms with van der Waals surface area (Å²) < 4.78 is 4.97. The van der Waals surface area contributed by atoms with Gasteiger partial charge >= 0.3 is 0 Å². The first kappa shape index (κ1) is 9.68. The Labute approximate surface area is 83.3 Å². The molecule has 2 heterocycles. The second-order valence-corrected chi connectivity index (χ2v) is 4.08. The average molecular weight is 196 g/mol. The van der Waals surface area contributed by atoms with Crippen LogP contribution in [0.4, 0.5) is 0 Å². The van der Waals surface area contributed by atoms with Gasteiger partial charge in [-0.05, 0) is 32.9 Å². The summed E-state index contributed by atoms with van der Waals surface area (Å²) in [6.45, 7) is 3.63. The van der Waals surface area contributed by atoms with Crippen molar-refractivity contribution in [1.29, 1.82) is 0 Å². The maximum absolute atomic E-state index is 10.2. The highest BCUT2D eigenvalue weighted by molar-refractivity contribution is 5.07. The Morgan fingerprint density at radius 2 is 2.29 bits per heavy atom. The highest BCUT2D eigenvalue weighted by atomic mass is 16.5. The SMILES string of the molecule is Cc1cc(CC2(O)CCNCC2)no1. The van der Waals surface area contributed by atoms with Crippen LogP contribution in [0, 0.1) is 6.92 Å². The van der Waals surface area contributed by atoms with Crippen molar-refractivity contribution >= 4 is 0 Å². The lowest BCUT2D eigenvalue weighted by Crippen LogP contribution is -2.43. The molecule has 0 bridgehead atoms. The van der Waals surface area contributed by atoms with Crippen molar-refractivity contribution < 1.29 is 9.63 Å². The van der Waals surface area contributed by atoms with Gasteiger partial charge in [0.2, 0.25) is 0 Å². The van der Waals surface area contributed by atoms with Gasteiger partial charge < -0.3 is 14.9 Å². The summed E-state index contributed by atoms with van der Waals surface area (Å²) in [7, 11) is 0. The van der Waals surface area contributed by atoms with Crippen LogP contribution in [0.15, 0.2) is 10.6 Å². The summed E-state index contributed by atoms with van der Waals surface area (Å²) in [6.07, 6.45) is 2.18. The number of nitrogens with zero attached hydrogens (tertiary/aromatic N) is 1. The molecule has 0 spiro atoms. The number of nitrogens with one attached hydrogen (secondary N) is 1. The first-order valence-electron chi connectivity index (χ1n) is 5.03. The lowest BCUT2D eigenvalue weighted by Gasteiger charge is -2.31. The number of piperidine rings is 1. The Hall–Kier alpha value is -0.870. The topological polar surface area (TPSA) is 58.3 Å². The van der Waals surface area contributed by atoms with E-state index in [9.17, 15) is 5.11 Å². The molecule has 0 saturated carbocycles. The number of rotatable bonds is 2. The Morgan fingerprint density at radius 3 is 2.86 bits per heavy atom. The first-order valence-corrected chi connectivity index (χ1v) is 5.03. The zero-order valence-corrected chi connectivity index (χ0v) is 8.42. The third-order valence-electron chi connectivity index (χ3n) is 2.72. The van der Waals surface area contributed by atoms with Crippen molar-refractivity contribution in [2.45, 2.75) is 31.8 Å². The number of aliphatic hydroxyl groups is 1. The normalized spacial score (nSPS) is 21.0. The molecule has 2 rings (SSSR count). The zero-order valence-electron chi connectivity index (χ0n) is 8.42. The molecular formula is C10H16N2O2. The van der Waals surface area contributed by atoms with Crippen molar-refractivity contribution in [2.24, 2.45) is 0 Å². The molecule has 4 heteroatoms. The Balaban J connectivity index is 2.01. The van der Waals surface area contributed by atoms with E-state index in [4.69, 9.17) is 4.52 Å². The van der Waals surface area contributed by atoms with Crippen molar-refractivity contribution in [3.8, 4) is 0 Å². The number of aryl methyl sites for hydroxylation is 1. The molecule has 0 radical (unpaired) electrons. The van der Waals surface area contributed by atoms with Crippen LogP contribution < -0.4 is 5.32 Å². The quantitative estimate of drug-likeness (QED) is 0.728. The van der Waals surface area contributed by atoms with E-state index < -0.39 is 5.60 Å². The van der Waals surface area contributed by atoms with E-state index in [1.165, 1.54) is 0 Å². The van der Waals surface area contributed by atoms with Crippen LogP contribution in [0.1, 0.15) is 24.3 Å². The minimum atomic E-state index is -0.589. The van der Waals surface area contributed by atoms with Gasteiger partial charge in [0.25, 0.3) is 0 Å². The van der Waals surface area contributed by atoms with Crippen LogP contribution in [0.5, 0.6) is 0 Å². The molecule has 1 aromatic heterocycles. The number of aromatic nitrogens is 1. The zero-order chi connectivity index (χ0) is 10.0. The second kappa shape index (κ2) is 3.71. The Morgan fingerprint density at radius 1 is 1.57 bits per heavy atom. The summed E-state index contributed by atoms with van der Waals surface area (Å²) in [5.74, 6) is 0.803. The Kier molecular flexibility index (Phi) is 2.56. The van der Waals surface area contributed by atoms with E-state index in [0.29, 0.717) is 6.42 Å². The molecule has 0 atom stereocenters. The van der Waals surface area contributed by atoms with Crippen LogP contribution in [0.3, 0.4) is 0 Å². The molecule has 1 saturated heterocycles. The maximum Gasteiger partial charge on any atom is 0.133 e. The van der Waals surface area contributed by atoms with E-state index in [2.05, 4.69) is 10.5 Å². The van der Waals surface area contributed by atoms with Crippen LogP contribution >= 0.6 is 0 Å². The molecule has 0 amide bonds. The van der Waals surface area contributed by atoms with Gasteiger partial charge in [0.05, 0.1) is 11.3 Å². The van der Waals surface area contributed by atoms with Crippen molar-refractivity contribution in [2.75, 3.05) is 13.1 Å². The van der Waals surface area contributed by atoms with Crippen molar-refractivity contribution in [1.82, 2.24) is 10.5 Å². The summed E-state index contributed by atoms with van der Waals surface area (Å²) in [4.78, 5) is 0. The van der Waals surface area contributed by atoms with Gasteiger partial charge in [0.1, 0.15) is 5.76 Å². The molecule has 0 aromatic carbocycles.